The quantitative estimate of drug-likeness (QED) is 0.444. The molecule has 0 unspecified atom stereocenters. The third-order valence-corrected chi connectivity index (χ3v) is 3.28. The predicted octanol–water partition coefficient (Wildman–Crippen LogP) is -0.713. The van der Waals surface area contributed by atoms with Crippen molar-refractivity contribution in [3.05, 3.63) is 0 Å². The van der Waals surface area contributed by atoms with Crippen LogP contribution in [0.1, 0.15) is 20.3 Å². The van der Waals surface area contributed by atoms with Gasteiger partial charge in [0.1, 0.15) is 0 Å². The average Bonchev–Trinajstić information content (AvgIpc) is 2.07. The van der Waals surface area contributed by atoms with E-state index >= 15 is 0 Å². The van der Waals surface area contributed by atoms with Gasteiger partial charge in [-0.3, -0.25) is 0 Å². The summed E-state index contributed by atoms with van der Waals surface area (Å²) in [4.78, 5) is 0. The fraction of sp³-hybridized carbons (Fsp3) is 1.00. The molecule has 0 heterocycles. The van der Waals surface area contributed by atoms with Crippen molar-refractivity contribution in [1.82, 2.24) is 0 Å². The Morgan fingerprint density at radius 3 is 1.23 bits per heavy atom. The molecule has 0 bridgehead atoms. The van der Waals surface area contributed by atoms with Crippen LogP contribution < -0.4 is 0 Å². The molecule has 7 heteroatoms. The maximum absolute atomic E-state index is 8.19. The van der Waals surface area contributed by atoms with Gasteiger partial charge in [-0.2, -0.15) is 0 Å². The molecule has 3 N–H and O–H groups in total. The zero-order chi connectivity index (χ0) is 10.5. The van der Waals surface area contributed by atoms with Gasteiger partial charge in [0.15, 0.2) is 0 Å². The summed E-state index contributed by atoms with van der Waals surface area (Å²) in [7, 11) is 0. The molecule has 0 aromatic heterocycles. The molecule has 0 saturated carbocycles. The molecule has 13 heavy (non-hydrogen) atoms. The molecule has 82 valence electrons. The van der Waals surface area contributed by atoms with Crippen molar-refractivity contribution in [1.29, 1.82) is 0 Å². The summed E-state index contributed by atoms with van der Waals surface area (Å²) in [5, 5.41) is 24.6. The zero-order valence-corrected chi connectivity index (χ0v) is 10.4. The van der Waals surface area contributed by atoms with Crippen molar-refractivity contribution in [2.75, 3.05) is 20.4 Å². The molecule has 0 aromatic rings. The molecule has 0 radical (unpaired) electrons. The van der Waals surface area contributed by atoms with Crippen molar-refractivity contribution in [3.63, 3.8) is 0 Å². The Morgan fingerprint density at radius 1 is 0.846 bits per heavy atom. The van der Waals surface area contributed by atoms with E-state index in [0.29, 0.717) is 0 Å². The Kier molecular flexibility index (Phi) is 18.6. The van der Waals surface area contributed by atoms with E-state index in [1.54, 1.807) is 0 Å². The van der Waals surface area contributed by atoms with E-state index in [1.807, 2.05) is 0 Å². The molecule has 0 rings (SSSR count). The van der Waals surface area contributed by atoms with Crippen LogP contribution in [0.15, 0.2) is 0 Å². The number of rotatable bonds is 6. The fourth-order valence-electron chi connectivity index (χ4n) is 0.253. The number of hydrogen-bond donors (Lipinski definition) is 3. The van der Waals surface area contributed by atoms with Crippen LogP contribution in [-0.4, -0.2) is 57.2 Å². The van der Waals surface area contributed by atoms with Crippen molar-refractivity contribution in [2.45, 2.75) is 20.3 Å². The molecule has 0 aliphatic heterocycles. The molecule has 0 atom stereocenters. The van der Waals surface area contributed by atoms with E-state index < -0.39 is 41.8 Å². The minimum atomic E-state index is -2.89. The molecule has 0 aromatic carbocycles. The monoisotopic (exact) mass is 306 g/mol. The van der Waals surface area contributed by atoms with E-state index in [-0.39, 0.29) is 0 Å². The van der Waals surface area contributed by atoms with Gasteiger partial charge in [-0.25, -0.2) is 0 Å². The van der Waals surface area contributed by atoms with Gasteiger partial charge in [-0.15, -0.1) is 0 Å². The van der Waals surface area contributed by atoms with E-state index in [2.05, 4.69) is 22.9 Å². The van der Waals surface area contributed by atoms with Crippen LogP contribution >= 0.6 is 0 Å². The van der Waals surface area contributed by atoms with Crippen LogP contribution in [0.25, 0.3) is 0 Å². The molecule has 6 nitrogen and oxygen atoms in total. The van der Waals surface area contributed by atoms with Crippen molar-refractivity contribution < 1.29 is 24.4 Å². The third kappa shape index (κ3) is 15.3. The first kappa shape index (κ1) is 16.0. The Morgan fingerprint density at radius 2 is 1.08 bits per heavy atom. The van der Waals surface area contributed by atoms with Crippen LogP contribution in [0, 0.1) is 0 Å². The van der Waals surface area contributed by atoms with E-state index in [4.69, 9.17) is 15.3 Å². The second-order valence-corrected chi connectivity index (χ2v) is 5.19. The molecular weight excluding hydrogens is 290 g/mol. The van der Waals surface area contributed by atoms with E-state index in [0.717, 1.165) is 0 Å². The van der Waals surface area contributed by atoms with Crippen molar-refractivity contribution in [3.8, 4) is 0 Å². The topological polar surface area (TPSA) is 88.4 Å². The minimum absolute atomic E-state index is 0.525. The van der Waals surface area contributed by atoms with Crippen molar-refractivity contribution >= 4 is 21.5 Å². The SMILES string of the molecule is CCC.OC[O][Sb]([O]CO)[O]CO. The fourth-order valence-corrected chi connectivity index (χ4v) is 1.70. The Hall–Kier alpha value is 0.578. The predicted molar refractivity (Wildman–Crippen MR) is 46.2 cm³/mol. The van der Waals surface area contributed by atoms with Gasteiger partial charge in [-0.1, -0.05) is 20.3 Å². The summed E-state index contributed by atoms with van der Waals surface area (Å²) < 4.78 is 13.5. The van der Waals surface area contributed by atoms with Gasteiger partial charge in [0.2, 0.25) is 0 Å². The Labute approximate surface area is 86.7 Å². The summed E-state index contributed by atoms with van der Waals surface area (Å²) in [6, 6.07) is 0. The van der Waals surface area contributed by atoms with Gasteiger partial charge in [0.25, 0.3) is 0 Å². The molecule has 0 amide bonds. The maximum atomic E-state index is 8.19. The average molecular weight is 307 g/mol. The van der Waals surface area contributed by atoms with Crippen molar-refractivity contribution in [2.24, 2.45) is 0 Å². The van der Waals surface area contributed by atoms with Gasteiger partial charge in [-0.05, 0) is 0 Å². The summed E-state index contributed by atoms with van der Waals surface area (Å²) in [6.07, 6.45) is 1.25. The van der Waals surface area contributed by atoms with Gasteiger partial charge in [0.05, 0.1) is 0 Å². The van der Waals surface area contributed by atoms with Crippen LogP contribution in [0.5, 0.6) is 0 Å². The van der Waals surface area contributed by atoms with E-state index in [1.165, 1.54) is 6.42 Å². The second-order valence-electron chi connectivity index (χ2n) is 1.71. The van der Waals surface area contributed by atoms with Crippen LogP contribution in [-0.2, 0) is 9.05 Å². The second kappa shape index (κ2) is 15.1. The number of hydrogen-bond acceptors (Lipinski definition) is 6. The molecular formula is C6H17O6Sb. The standard InChI is InChI=1S/C3H8.3CH3O2.Sb/c1-3-2;3*2-1-3;/h3H2,1-2H3;3*2H,1H2;/q;3*-1;+3. The Bertz CT molecular complexity index is 69.3. The van der Waals surface area contributed by atoms with E-state index in [9.17, 15) is 0 Å². The first-order chi connectivity index (χ1) is 6.26. The first-order valence-corrected chi connectivity index (χ1v) is 6.90. The zero-order valence-electron chi connectivity index (χ0n) is 7.84. The normalized spacial score (nSPS) is 9.69. The summed E-state index contributed by atoms with van der Waals surface area (Å²) in [6.45, 7) is 2.68. The summed E-state index contributed by atoms with van der Waals surface area (Å²) in [5.74, 6) is 0. The molecule has 0 aliphatic rings. The molecule has 0 fully saturated rings. The van der Waals surface area contributed by atoms with Gasteiger partial charge >= 0.3 is 66.2 Å². The first-order valence-electron chi connectivity index (χ1n) is 3.78. The Balaban J connectivity index is 0. The molecule has 0 aliphatic carbocycles. The summed E-state index contributed by atoms with van der Waals surface area (Å²) in [5.41, 5.74) is 0. The summed E-state index contributed by atoms with van der Waals surface area (Å²) >= 11 is -2.89. The number of aliphatic hydroxyl groups excluding tert-OH is 3. The van der Waals surface area contributed by atoms with Gasteiger partial charge < -0.3 is 0 Å². The van der Waals surface area contributed by atoms with Crippen LogP contribution in [0.2, 0.25) is 0 Å². The molecule has 0 saturated heterocycles. The molecule has 0 spiro atoms. The van der Waals surface area contributed by atoms with Crippen LogP contribution in [0.3, 0.4) is 0 Å². The van der Waals surface area contributed by atoms with Crippen LogP contribution in [0.4, 0.5) is 0 Å². The third-order valence-electron chi connectivity index (χ3n) is 0.489. The van der Waals surface area contributed by atoms with Gasteiger partial charge in [0, 0.05) is 0 Å². The number of aliphatic hydroxyl groups is 3.